The van der Waals surface area contributed by atoms with Gasteiger partial charge in [-0.15, -0.1) is 0 Å². The zero-order valence-corrected chi connectivity index (χ0v) is 10.0. The van der Waals surface area contributed by atoms with Gasteiger partial charge in [0.05, 0.1) is 12.0 Å². The van der Waals surface area contributed by atoms with Crippen LogP contribution in [-0.4, -0.2) is 46.6 Å². The van der Waals surface area contributed by atoms with Crippen LogP contribution in [0.5, 0.6) is 0 Å². The van der Waals surface area contributed by atoms with Crippen LogP contribution in [0.4, 0.5) is 0 Å². The maximum absolute atomic E-state index is 12.2. The van der Waals surface area contributed by atoms with Gasteiger partial charge < -0.3 is 0 Å². The fourth-order valence-electron chi connectivity index (χ4n) is 3.06. The second-order valence-electron chi connectivity index (χ2n) is 4.71. The van der Waals surface area contributed by atoms with E-state index in [1.54, 1.807) is 12.2 Å². The van der Waals surface area contributed by atoms with E-state index < -0.39 is 29.3 Å². The van der Waals surface area contributed by atoms with E-state index in [2.05, 4.69) is 5.10 Å². The molecule has 19 heavy (non-hydrogen) atoms. The lowest BCUT2D eigenvalue weighted by atomic mass is 9.82. The Morgan fingerprint density at radius 3 is 2.63 bits per heavy atom. The molecule has 7 heteroatoms. The number of allylic oxidation sites excluding steroid dienone is 1. The Bertz CT molecular complexity index is 609. The molecule has 3 aliphatic heterocycles. The van der Waals surface area contributed by atoms with Crippen molar-refractivity contribution < 1.29 is 9.59 Å². The van der Waals surface area contributed by atoms with Crippen LogP contribution in [0.3, 0.4) is 0 Å². The standard InChI is InChI=1S/C12H9N5O2/c1-16-10(18)8-7-3-2-4-15-17(7)12(5-13,6-14)9(8)11(16)19/h2-4,7-9H,1H3/t7-,8+,9-/m0/s1. The van der Waals surface area contributed by atoms with Crippen molar-refractivity contribution in [3.8, 4) is 12.1 Å². The molecule has 2 amide bonds. The number of hydrogen-bond donors (Lipinski definition) is 0. The van der Waals surface area contributed by atoms with Crippen LogP contribution in [-0.2, 0) is 9.59 Å². The summed E-state index contributed by atoms with van der Waals surface area (Å²) in [6, 6.07) is 3.26. The van der Waals surface area contributed by atoms with Crippen molar-refractivity contribution in [3.63, 3.8) is 0 Å². The van der Waals surface area contributed by atoms with Crippen molar-refractivity contribution in [2.75, 3.05) is 7.05 Å². The van der Waals surface area contributed by atoms with E-state index in [0.717, 1.165) is 4.90 Å². The molecule has 3 heterocycles. The maximum atomic E-state index is 12.2. The lowest BCUT2D eigenvalue weighted by Gasteiger charge is -2.31. The number of imide groups is 1. The predicted octanol–water partition coefficient (Wildman–Crippen LogP) is -0.757. The SMILES string of the molecule is CN1C(=O)[C@H]2[C@@H](C1=O)C(C#N)(C#N)N1N=CC=C[C@@H]21. The molecule has 0 saturated carbocycles. The summed E-state index contributed by atoms with van der Waals surface area (Å²) >= 11 is 0. The lowest BCUT2D eigenvalue weighted by Crippen LogP contribution is -2.49. The number of likely N-dealkylation sites (tertiary alicyclic amines) is 1. The van der Waals surface area contributed by atoms with Crippen LogP contribution in [0.25, 0.3) is 0 Å². The van der Waals surface area contributed by atoms with Crippen LogP contribution >= 0.6 is 0 Å². The topological polar surface area (TPSA) is 101 Å². The van der Waals surface area contributed by atoms with E-state index in [9.17, 15) is 20.1 Å². The van der Waals surface area contributed by atoms with Gasteiger partial charge >= 0.3 is 0 Å². The van der Waals surface area contributed by atoms with Gasteiger partial charge in [0.15, 0.2) is 0 Å². The highest BCUT2D eigenvalue weighted by Gasteiger charge is 2.69. The quantitative estimate of drug-likeness (QED) is 0.530. The van der Waals surface area contributed by atoms with Gasteiger partial charge in [0.1, 0.15) is 18.1 Å². The summed E-state index contributed by atoms with van der Waals surface area (Å²) in [6.45, 7) is 0. The number of carbonyl (C=O) groups excluding carboxylic acids is 2. The van der Waals surface area contributed by atoms with Crippen molar-refractivity contribution in [2.45, 2.75) is 11.6 Å². The fourth-order valence-corrected chi connectivity index (χ4v) is 3.06. The number of hydrazone groups is 1. The molecule has 0 aliphatic carbocycles. The third kappa shape index (κ3) is 1.08. The first-order chi connectivity index (χ1) is 9.08. The van der Waals surface area contributed by atoms with E-state index >= 15 is 0 Å². The summed E-state index contributed by atoms with van der Waals surface area (Å²) in [5.74, 6) is -2.55. The van der Waals surface area contributed by atoms with Gasteiger partial charge in [0.2, 0.25) is 17.4 Å². The molecule has 0 aromatic rings. The monoisotopic (exact) mass is 255 g/mol. The van der Waals surface area contributed by atoms with Crippen molar-refractivity contribution in [2.24, 2.45) is 16.9 Å². The number of amides is 2. The first kappa shape index (κ1) is 11.4. The van der Waals surface area contributed by atoms with Crippen LogP contribution in [0.15, 0.2) is 17.3 Å². The summed E-state index contributed by atoms with van der Waals surface area (Å²) < 4.78 is 0. The molecule has 3 aliphatic rings. The predicted molar refractivity (Wildman–Crippen MR) is 62.0 cm³/mol. The zero-order valence-electron chi connectivity index (χ0n) is 10.0. The Morgan fingerprint density at radius 1 is 1.32 bits per heavy atom. The van der Waals surface area contributed by atoms with Gasteiger partial charge in [-0.05, 0) is 6.08 Å². The second-order valence-corrected chi connectivity index (χ2v) is 4.71. The lowest BCUT2D eigenvalue weighted by molar-refractivity contribution is -0.139. The second kappa shape index (κ2) is 3.42. The highest BCUT2D eigenvalue weighted by Crippen LogP contribution is 2.49. The summed E-state index contributed by atoms with van der Waals surface area (Å²) in [6.07, 6.45) is 4.80. The average Bonchev–Trinajstić information content (AvgIpc) is 2.86. The Hall–Kier alpha value is -2.67. The normalized spacial score (nSPS) is 33.9. The molecule has 2 fully saturated rings. The minimum atomic E-state index is -1.71. The van der Waals surface area contributed by atoms with Crippen LogP contribution in [0, 0.1) is 34.5 Å². The van der Waals surface area contributed by atoms with Crippen molar-refractivity contribution in [1.82, 2.24) is 9.91 Å². The smallest absolute Gasteiger partial charge is 0.242 e. The summed E-state index contributed by atoms with van der Waals surface area (Å²) in [4.78, 5) is 25.3. The molecular formula is C12H9N5O2. The van der Waals surface area contributed by atoms with Crippen LogP contribution in [0.1, 0.15) is 0 Å². The van der Waals surface area contributed by atoms with Crippen molar-refractivity contribution >= 4 is 18.0 Å². The Morgan fingerprint density at radius 2 is 2.00 bits per heavy atom. The molecule has 0 N–H and O–H groups in total. The molecule has 7 nitrogen and oxygen atoms in total. The van der Waals surface area contributed by atoms with Crippen LogP contribution in [0.2, 0.25) is 0 Å². The minimum Gasteiger partial charge on any atom is -0.285 e. The average molecular weight is 255 g/mol. The van der Waals surface area contributed by atoms with E-state index in [-0.39, 0.29) is 5.91 Å². The van der Waals surface area contributed by atoms with E-state index in [0.29, 0.717) is 0 Å². The number of nitrogens with zero attached hydrogens (tertiary/aromatic N) is 5. The molecule has 3 rings (SSSR count). The van der Waals surface area contributed by atoms with Gasteiger partial charge in [0, 0.05) is 13.3 Å². The summed E-state index contributed by atoms with van der Waals surface area (Å²) in [5.41, 5.74) is -1.71. The third-order valence-corrected chi connectivity index (χ3v) is 3.96. The molecule has 0 unspecified atom stereocenters. The molecule has 94 valence electrons. The molecule has 0 radical (unpaired) electrons. The van der Waals surface area contributed by atoms with Gasteiger partial charge in [-0.3, -0.25) is 19.5 Å². The highest BCUT2D eigenvalue weighted by atomic mass is 16.2. The number of nitriles is 2. The number of fused-ring (bicyclic) bond motifs is 3. The molecule has 0 spiro atoms. The Labute approximate surface area is 109 Å². The Kier molecular flexibility index (Phi) is 2.06. The number of carbonyl (C=O) groups is 2. The summed E-state index contributed by atoms with van der Waals surface area (Å²) in [7, 11) is 1.38. The molecule has 0 aromatic carbocycles. The molecule has 0 aromatic heterocycles. The van der Waals surface area contributed by atoms with Crippen molar-refractivity contribution in [1.29, 1.82) is 10.5 Å². The molecular weight excluding hydrogens is 246 g/mol. The highest BCUT2D eigenvalue weighted by molar-refractivity contribution is 6.07. The van der Waals surface area contributed by atoms with Crippen molar-refractivity contribution in [3.05, 3.63) is 12.2 Å². The Balaban J connectivity index is 2.23. The molecule has 0 bridgehead atoms. The van der Waals surface area contributed by atoms with E-state index in [1.165, 1.54) is 18.3 Å². The van der Waals surface area contributed by atoms with Crippen LogP contribution < -0.4 is 0 Å². The first-order valence-electron chi connectivity index (χ1n) is 5.72. The van der Waals surface area contributed by atoms with E-state index in [1.807, 2.05) is 12.1 Å². The fraction of sp³-hybridized carbons (Fsp3) is 0.417. The zero-order chi connectivity index (χ0) is 13.8. The third-order valence-electron chi connectivity index (χ3n) is 3.96. The van der Waals surface area contributed by atoms with Gasteiger partial charge in [-0.25, -0.2) is 0 Å². The minimum absolute atomic E-state index is 0.362. The maximum Gasteiger partial charge on any atom is 0.242 e. The number of hydrogen-bond acceptors (Lipinski definition) is 6. The van der Waals surface area contributed by atoms with Gasteiger partial charge in [0.25, 0.3) is 0 Å². The summed E-state index contributed by atoms with van der Waals surface area (Å²) in [5, 5.41) is 24.1. The first-order valence-corrected chi connectivity index (χ1v) is 5.72. The van der Waals surface area contributed by atoms with E-state index in [4.69, 9.17) is 0 Å². The largest absolute Gasteiger partial charge is 0.285 e. The van der Waals surface area contributed by atoms with Gasteiger partial charge in [-0.2, -0.15) is 15.6 Å². The molecule has 3 atom stereocenters. The van der Waals surface area contributed by atoms with Gasteiger partial charge in [-0.1, -0.05) is 6.08 Å². The molecule has 2 saturated heterocycles. The number of rotatable bonds is 0.